The number of aryl methyl sites for hydroxylation is 1. The lowest BCUT2D eigenvalue weighted by Crippen LogP contribution is -2.19. The molecule has 0 atom stereocenters. The number of carbonyl (C=O) groups excluding carboxylic acids is 2. The third-order valence-corrected chi connectivity index (χ3v) is 4.79. The number of nitrogens with zero attached hydrogens (tertiary/aromatic N) is 1. The molecule has 1 heterocycles. The van der Waals surface area contributed by atoms with Gasteiger partial charge in [-0.2, -0.15) is 0 Å². The number of para-hydroxylation sites is 1. The Bertz CT molecular complexity index is 994. The van der Waals surface area contributed by atoms with Crippen LogP contribution in [0.25, 0.3) is 0 Å². The van der Waals surface area contributed by atoms with Gasteiger partial charge in [-0.25, -0.2) is 14.2 Å². The number of urea groups is 1. The quantitative estimate of drug-likeness (QED) is 0.563. The summed E-state index contributed by atoms with van der Waals surface area (Å²) < 4.78 is 13.2. The Hall–Kier alpha value is -2.97. The van der Waals surface area contributed by atoms with Gasteiger partial charge in [0.1, 0.15) is 10.7 Å². The molecule has 0 saturated heterocycles. The Morgan fingerprint density at radius 2 is 1.78 bits per heavy atom. The van der Waals surface area contributed by atoms with Crippen LogP contribution in [0.2, 0.25) is 5.02 Å². The van der Waals surface area contributed by atoms with Crippen molar-refractivity contribution in [2.24, 2.45) is 0 Å². The zero-order chi connectivity index (χ0) is 19.4. The molecule has 3 N–H and O–H groups in total. The summed E-state index contributed by atoms with van der Waals surface area (Å²) in [6.45, 7) is 1.66. The molecule has 1 aromatic heterocycles. The van der Waals surface area contributed by atoms with Gasteiger partial charge in [0, 0.05) is 11.4 Å². The molecule has 0 saturated carbocycles. The van der Waals surface area contributed by atoms with Gasteiger partial charge in [-0.3, -0.25) is 10.1 Å². The summed E-state index contributed by atoms with van der Waals surface area (Å²) >= 11 is 6.74. The first-order valence-electron chi connectivity index (χ1n) is 7.79. The Morgan fingerprint density at radius 3 is 2.48 bits per heavy atom. The van der Waals surface area contributed by atoms with Crippen molar-refractivity contribution < 1.29 is 14.0 Å². The predicted octanol–water partition coefficient (Wildman–Crippen LogP) is 5.14. The van der Waals surface area contributed by atoms with Gasteiger partial charge in [0.05, 0.1) is 10.7 Å². The van der Waals surface area contributed by atoms with Crippen LogP contribution in [0.5, 0.6) is 0 Å². The van der Waals surface area contributed by atoms with E-state index in [1.54, 1.807) is 31.2 Å². The highest BCUT2D eigenvalue weighted by Gasteiger charge is 2.17. The van der Waals surface area contributed by atoms with Crippen molar-refractivity contribution >= 4 is 51.4 Å². The number of benzene rings is 2. The van der Waals surface area contributed by atoms with Crippen LogP contribution >= 0.6 is 22.9 Å². The molecule has 27 heavy (non-hydrogen) atoms. The Morgan fingerprint density at radius 1 is 1.04 bits per heavy atom. The van der Waals surface area contributed by atoms with Crippen LogP contribution in [0, 0.1) is 12.7 Å². The first kappa shape index (κ1) is 18.8. The summed E-state index contributed by atoms with van der Waals surface area (Å²) in [7, 11) is 0. The molecule has 0 aliphatic carbocycles. The molecule has 2 aromatic carbocycles. The smallest absolute Gasteiger partial charge is 0.321 e. The maximum Gasteiger partial charge on any atom is 0.325 e. The second kappa shape index (κ2) is 8.15. The topological polar surface area (TPSA) is 83.1 Å². The predicted molar refractivity (Wildman–Crippen MR) is 105 cm³/mol. The standard InChI is InChI=1S/C18H14ClFN4O2S/c1-10-15(16(25)22-12-7-8-14(20)13(19)9-12)27-18(21-10)24-17(26)23-11-5-3-2-4-6-11/h2-9H,1H3,(H,22,25)(H2,21,23,24,26). The van der Waals surface area contributed by atoms with E-state index in [9.17, 15) is 14.0 Å². The average Bonchev–Trinajstić information content (AvgIpc) is 2.99. The Kier molecular flexibility index (Phi) is 5.68. The maximum absolute atomic E-state index is 13.2. The lowest BCUT2D eigenvalue weighted by Gasteiger charge is -2.05. The number of rotatable bonds is 4. The average molecular weight is 405 g/mol. The van der Waals surface area contributed by atoms with Gasteiger partial charge in [-0.15, -0.1) is 0 Å². The molecular formula is C18H14ClFN4O2S. The molecule has 9 heteroatoms. The number of thiazole rings is 1. The molecule has 3 rings (SSSR count). The zero-order valence-corrected chi connectivity index (χ0v) is 15.6. The normalized spacial score (nSPS) is 10.3. The SMILES string of the molecule is Cc1nc(NC(=O)Nc2ccccc2)sc1C(=O)Nc1ccc(F)c(Cl)c1. The number of halogens is 2. The highest BCUT2D eigenvalue weighted by molar-refractivity contribution is 7.17. The van der Waals surface area contributed by atoms with Crippen LogP contribution in [0.4, 0.5) is 25.7 Å². The fourth-order valence-electron chi connectivity index (χ4n) is 2.20. The van der Waals surface area contributed by atoms with Crippen molar-refractivity contribution in [2.75, 3.05) is 16.0 Å². The fourth-order valence-corrected chi connectivity index (χ4v) is 3.24. The second-order valence-corrected chi connectivity index (χ2v) is 6.87. The minimum absolute atomic E-state index is 0.0891. The van der Waals surface area contributed by atoms with E-state index in [1.807, 2.05) is 6.07 Å². The number of carbonyl (C=O) groups is 2. The third-order valence-electron chi connectivity index (χ3n) is 3.43. The number of anilines is 3. The molecule has 0 bridgehead atoms. The summed E-state index contributed by atoms with van der Waals surface area (Å²) in [6, 6.07) is 12.4. The summed E-state index contributed by atoms with van der Waals surface area (Å²) in [6.07, 6.45) is 0. The van der Waals surface area contributed by atoms with Gasteiger partial charge in [-0.05, 0) is 37.3 Å². The molecule has 0 unspecified atom stereocenters. The molecule has 0 aliphatic heterocycles. The lowest BCUT2D eigenvalue weighted by atomic mass is 10.3. The minimum atomic E-state index is -0.570. The number of nitrogens with one attached hydrogen (secondary N) is 3. The van der Waals surface area contributed by atoms with Crippen molar-refractivity contribution in [3.63, 3.8) is 0 Å². The van der Waals surface area contributed by atoms with Crippen LogP contribution in [0.3, 0.4) is 0 Å². The summed E-state index contributed by atoms with van der Waals surface area (Å²) in [5.74, 6) is -0.997. The van der Waals surface area contributed by atoms with Crippen LogP contribution in [0.15, 0.2) is 48.5 Å². The minimum Gasteiger partial charge on any atom is -0.321 e. The van der Waals surface area contributed by atoms with Gasteiger partial charge < -0.3 is 10.6 Å². The second-order valence-electron chi connectivity index (χ2n) is 5.46. The molecule has 3 aromatic rings. The largest absolute Gasteiger partial charge is 0.325 e. The van der Waals surface area contributed by atoms with E-state index in [1.165, 1.54) is 18.2 Å². The first-order valence-corrected chi connectivity index (χ1v) is 8.98. The summed E-state index contributed by atoms with van der Waals surface area (Å²) in [5.41, 5.74) is 1.45. The molecule has 6 nitrogen and oxygen atoms in total. The van der Waals surface area contributed by atoms with E-state index >= 15 is 0 Å². The fraction of sp³-hybridized carbons (Fsp3) is 0.0556. The van der Waals surface area contributed by atoms with Crippen molar-refractivity contribution in [1.29, 1.82) is 0 Å². The first-order chi connectivity index (χ1) is 12.9. The van der Waals surface area contributed by atoms with Crippen LogP contribution in [-0.4, -0.2) is 16.9 Å². The highest BCUT2D eigenvalue weighted by Crippen LogP contribution is 2.25. The van der Waals surface area contributed by atoms with Gasteiger partial charge >= 0.3 is 6.03 Å². The molecular weight excluding hydrogens is 391 g/mol. The summed E-state index contributed by atoms with van der Waals surface area (Å²) in [5, 5.41) is 8.08. The molecule has 138 valence electrons. The Labute approximate surface area is 163 Å². The van der Waals surface area contributed by atoms with Crippen LogP contribution in [0.1, 0.15) is 15.4 Å². The monoisotopic (exact) mass is 404 g/mol. The van der Waals surface area contributed by atoms with E-state index in [0.717, 1.165) is 11.3 Å². The summed E-state index contributed by atoms with van der Waals surface area (Å²) in [4.78, 5) is 29.0. The molecule has 0 radical (unpaired) electrons. The van der Waals surface area contributed by atoms with Gasteiger partial charge in [0.2, 0.25) is 0 Å². The van der Waals surface area contributed by atoms with Gasteiger partial charge in [0.15, 0.2) is 5.13 Å². The maximum atomic E-state index is 13.2. The van der Waals surface area contributed by atoms with Crippen LogP contribution < -0.4 is 16.0 Å². The van der Waals surface area contributed by atoms with Gasteiger partial charge in [0.25, 0.3) is 5.91 Å². The van der Waals surface area contributed by atoms with E-state index in [-0.39, 0.29) is 10.2 Å². The van der Waals surface area contributed by atoms with E-state index < -0.39 is 17.8 Å². The van der Waals surface area contributed by atoms with E-state index in [4.69, 9.17) is 11.6 Å². The van der Waals surface area contributed by atoms with Crippen molar-refractivity contribution in [3.05, 3.63) is 69.9 Å². The van der Waals surface area contributed by atoms with Crippen molar-refractivity contribution in [2.45, 2.75) is 6.92 Å². The number of amides is 3. The van der Waals surface area contributed by atoms with Crippen molar-refractivity contribution in [3.8, 4) is 0 Å². The van der Waals surface area contributed by atoms with Crippen LogP contribution in [-0.2, 0) is 0 Å². The van der Waals surface area contributed by atoms with Gasteiger partial charge in [-0.1, -0.05) is 41.1 Å². The van der Waals surface area contributed by atoms with Crippen molar-refractivity contribution in [1.82, 2.24) is 4.98 Å². The number of aromatic nitrogens is 1. The van der Waals surface area contributed by atoms with E-state index in [2.05, 4.69) is 20.9 Å². The van der Waals surface area contributed by atoms with E-state index in [0.29, 0.717) is 21.9 Å². The molecule has 0 aliphatic rings. The third kappa shape index (κ3) is 4.81. The lowest BCUT2D eigenvalue weighted by molar-refractivity contribution is 0.102. The molecule has 0 spiro atoms. The zero-order valence-electron chi connectivity index (χ0n) is 14.0. The molecule has 0 fully saturated rings. The number of hydrogen-bond acceptors (Lipinski definition) is 4. The number of hydrogen-bond donors (Lipinski definition) is 3. The molecule has 3 amide bonds. The Balaban J connectivity index is 1.67. The highest BCUT2D eigenvalue weighted by atomic mass is 35.5.